The molecule has 0 amide bonds. The van der Waals surface area contributed by atoms with Gasteiger partial charge in [-0.2, -0.15) is 0 Å². The van der Waals surface area contributed by atoms with E-state index in [0.717, 1.165) is 38.5 Å². The van der Waals surface area contributed by atoms with E-state index in [1.807, 2.05) is 0 Å². The molecule has 32 heavy (non-hydrogen) atoms. The second-order valence-corrected chi connectivity index (χ2v) is 13.4. The van der Waals surface area contributed by atoms with Gasteiger partial charge in [-0.3, -0.25) is 0 Å². The summed E-state index contributed by atoms with van der Waals surface area (Å²) in [7, 11) is 0. The third-order valence-electron chi connectivity index (χ3n) is 11.9. The lowest BCUT2D eigenvalue weighted by molar-refractivity contribution is -0.316. The number of aliphatic hydroxyl groups excluding tert-OH is 3. The Morgan fingerprint density at radius 2 is 1.56 bits per heavy atom. The van der Waals surface area contributed by atoms with E-state index in [9.17, 15) is 15.3 Å². The van der Waals surface area contributed by atoms with Crippen molar-refractivity contribution in [2.24, 2.45) is 52.3 Å². The number of aliphatic hydroxyl groups is 3. The van der Waals surface area contributed by atoms with Crippen LogP contribution in [0.5, 0.6) is 0 Å². The Morgan fingerprint density at radius 1 is 0.812 bits per heavy atom. The first-order valence-corrected chi connectivity index (χ1v) is 13.5. The monoisotopic (exact) mass is 448 g/mol. The lowest BCUT2D eigenvalue weighted by atomic mass is 9.43. The molecular weight excluding hydrogens is 404 g/mol. The molecule has 2 aliphatic heterocycles. The minimum absolute atomic E-state index is 0.146. The Hall–Kier alpha value is -0.200. The van der Waals surface area contributed by atoms with E-state index in [2.05, 4.69) is 27.7 Å². The first kappa shape index (κ1) is 22.3. The molecule has 4 saturated carbocycles. The second-order valence-electron chi connectivity index (χ2n) is 13.4. The van der Waals surface area contributed by atoms with E-state index < -0.39 is 11.9 Å². The highest BCUT2D eigenvalue weighted by atomic mass is 16.7. The molecule has 182 valence electrons. The van der Waals surface area contributed by atoms with Gasteiger partial charge in [-0.05, 0) is 97.7 Å². The highest BCUT2D eigenvalue weighted by molar-refractivity contribution is 5.17. The summed E-state index contributed by atoms with van der Waals surface area (Å²) in [6.45, 7) is 9.98. The van der Waals surface area contributed by atoms with Gasteiger partial charge in [0.25, 0.3) is 0 Å². The van der Waals surface area contributed by atoms with E-state index in [-0.39, 0.29) is 41.0 Å². The molecule has 6 rings (SSSR count). The number of hydrogen-bond acceptors (Lipinski definition) is 5. The van der Waals surface area contributed by atoms with E-state index in [4.69, 9.17) is 9.47 Å². The van der Waals surface area contributed by atoms with Crippen LogP contribution in [0.15, 0.2) is 0 Å². The standard InChI is InChI=1S/C27H44O5/c1-14-9-23(30)27(31-13-14)15(2)24-22(32-27)12-19-17-11-21(29)20-10-16(28)5-7-25(20,3)18(17)6-8-26(19,24)4/h14-24,28-30H,5-13H2,1-4H3/t14-,15-,16-,17+,18-,19-,20+,21-,22-,23+,24-,25+,26-,27-/m0/s1. The molecule has 1 spiro atoms. The summed E-state index contributed by atoms with van der Waals surface area (Å²) in [4.78, 5) is 0. The summed E-state index contributed by atoms with van der Waals surface area (Å²) in [5.41, 5.74) is 0.324. The van der Waals surface area contributed by atoms with Crippen LogP contribution in [-0.4, -0.2) is 52.1 Å². The van der Waals surface area contributed by atoms with Gasteiger partial charge in [0.15, 0.2) is 5.79 Å². The quantitative estimate of drug-likeness (QED) is 0.526. The molecule has 0 radical (unpaired) electrons. The van der Waals surface area contributed by atoms with Crippen molar-refractivity contribution in [3.63, 3.8) is 0 Å². The van der Waals surface area contributed by atoms with Gasteiger partial charge in [0.2, 0.25) is 0 Å². The summed E-state index contributed by atoms with van der Waals surface area (Å²) in [6.07, 6.45) is 6.86. The van der Waals surface area contributed by atoms with Gasteiger partial charge in [-0.15, -0.1) is 0 Å². The van der Waals surface area contributed by atoms with Crippen molar-refractivity contribution in [1.82, 2.24) is 0 Å². The van der Waals surface area contributed by atoms with Crippen LogP contribution in [0.1, 0.15) is 79.1 Å². The highest BCUT2D eigenvalue weighted by Crippen LogP contribution is 2.71. The first-order chi connectivity index (χ1) is 15.1. The molecule has 2 heterocycles. The summed E-state index contributed by atoms with van der Waals surface area (Å²) in [6, 6.07) is 0. The summed E-state index contributed by atoms with van der Waals surface area (Å²) in [5, 5.41) is 32.6. The van der Waals surface area contributed by atoms with Gasteiger partial charge < -0.3 is 24.8 Å². The minimum atomic E-state index is -0.824. The molecular formula is C27H44O5. The number of hydrogen-bond donors (Lipinski definition) is 3. The normalized spacial score (nSPS) is 64.0. The molecule has 6 aliphatic rings. The van der Waals surface area contributed by atoms with Crippen molar-refractivity contribution in [3.05, 3.63) is 0 Å². The molecule has 5 heteroatoms. The van der Waals surface area contributed by atoms with Gasteiger partial charge >= 0.3 is 0 Å². The third-order valence-corrected chi connectivity index (χ3v) is 11.9. The average molecular weight is 449 g/mol. The Labute approximate surface area is 193 Å². The minimum Gasteiger partial charge on any atom is -0.393 e. The predicted octanol–water partition coefficient (Wildman–Crippen LogP) is 3.74. The number of fused-ring (bicyclic) bond motifs is 7. The molecule has 14 atom stereocenters. The van der Waals surface area contributed by atoms with Crippen molar-refractivity contribution in [1.29, 1.82) is 0 Å². The lowest BCUT2D eigenvalue weighted by Crippen LogP contribution is -2.59. The Kier molecular flexibility index (Phi) is 4.99. The van der Waals surface area contributed by atoms with Crippen LogP contribution in [0.3, 0.4) is 0 Å². The van der Waals surface area contributed by atoms with Crippen molar-refractivity contribution in [2.45, 2.75) is 109 Å². The van der Waals surface area contributed by atoms with Gasteiger partial charge in [0, 0.05) is 5.92 Å². The van der Waals surface area contributed by atoms with Gasteiger partial charge in [0.1, 0.15) is 6.10 Å². The Balaban J connectivity index is 1.29. The van der Waals surface area contributed by atoms with Crippen LogP contribution >= 0.6 is 0 Å². The van der Waals surface area contributed by atoms with Crippen molar-refractivity contribution in [3.8, 4) is 0 Å². The molecule has 5 nitrogen and oxygen atoms in total. The summed E-state index contributed by atoms with van der Waals surface area (Å²) >= 11 is 0. The molecule has 0 aromatic heterocycles. The van der Waals surface area contributed by atoms with Crippen LogP contribution in [0.2, 0.25) is 0 Å². The third kappa shape index (κ3) is 2.75. The molecule has 0 aromatic rings. The smallest absolute Gasteiger partial charge is 0.197 e. The maximum atomic E-state index is 11.2. The fraction of sp³-hybridized carbons (Fsp3) is 1.00. The largest absolute Gasteiger partial charge is 0.393 e. The van der Waals surface area contributed by atoms with Crippen LogP contribution in [-0.2, 0) is 9.47 Å². The molecule has 0 aromatic carbocycles. The van der Waals surface area contributed by atoms with Gasteiger partial charge in [0.05, 0.1) is 24.9 Å². The molecule has 2 saturated heterocycles. The number of rotatable bonds is 0. The topological polar surface area (TPSA) is 79.2 Å². The maximum Gasteiger partial charge on any atom is 0.197 e. The van der Waals surface area contributed by atoms with E-state index >= 15 is 0 Å². The lowest BCUT2D eigenvalue weighted by Gasteiger charge is -2.62. The Morgan fingerprint density at radius 3 is 2.31 bits per heavy atom. The predicted molar refractivity (Wildman–Crippen MR) is 121 cm³/mol. The fourth-order valence-electron chi connectivity index (χ4n) is 10.4. The van der Waals surface area contributed by atoms with Gasteiger partial charge in [-0.25, -0.2) is 0 Å². The first-order valence-electron chi connectivity index (χ1n) is 13.5. The maximum absolute atomic E-state index is 11.2. The van der Waals surface area contributed by atoms with E-state index in [0.29, 0.717) is 36.2 Å². The zero-order chi connectivity index (χ0) is 22.6. The van der Waals surface area contributed by atoms with Crippen LogP contribution in [0, 0.1) is 52.3 Å². The highest BCUT2D eigenvalue weighted by Gasteiger charge is 2.71. The summed E-state index contributed by atoms with van der Waals surface area (Å²) < 4.78 is 13.0. The van der Waals surface area contributed by atoms with Crippen LogP contribution in [0.4, 0.5) is 0 Å². The summed E-state index contributed by atoms with van der Waals surface area (Å²) in [5.74, 6) is 2.12. The molecule has 3 N–H and O–H groups in total. The van der Waals surface area contributed by atoms with Crippen LogP contribution < -0.4 is 0 Å². The SMILES string of the molecule is C[C@@H]1CO[C@@]2(O[C@H]3C[C@H]4[C@@H]5C[C@H](O)[C@H]6C[C@@H](O)CC[C@]6(C)[C@H]5CC[C@]4(C)[C@H]3[C@@H]2C)[C@H](O)C1. The van der Waals surface area contributed by atoms with Crippen molar-refractivity contribution in [2.75, 3.05) is 6.61 Å². The second kappa shape index (κ2) is 7.16. The van der Waals surface area contributed by atoms with Crippen LogP contribution in [0.25, 0.3) is 0 Å². The molecule has 6 fully saturated rings. The van der Waals surface area contributed by atoms with Crippen molar-refractivity contribution < 1.29 is 24.8 Å². The average Bonchev–Trinajstić information content (AvgIpc) is 3.18. The zero-order valence-electron chi connectivity index (χ0n) is 20.4. The van der Waals surface area contributed by atoms with E-state index in [1.165, 1.54) is 12.8 Å². The fourth-order valence-corrected chi connectivity index (χ4v) is 10.4. The molecule has 0 unspecified atom stereocenters. The molecule has 0 bridgehead atoms. The Bertz CT molecular complexity index is 758. The van der Waals surface area contributed by atoms with Gasteiger partial charge in [-0.1, -0.05) is 27.7 Å². The van der Waals surface area contributed by atoms with E-state index in [1.54, 1.807) is 0 Å². The van der Waals surface area contributed by atoms with Crippen molar-refractivity contribution >= 4 is 0 Å². The number of ether oxygens (including phenoxy) is 2. The molecule has 4 aliphatic carbocycles. The zero-order valence-corrected chi connectivity index (χ0v) is 20.4.